The first kappa shape index (κ1) is 28.5. The van der Waals surface area contributed by atoms with E-state index in [0.29, 0.717) is 16.5 Å². The Bertz CT molecular complexity index is 1460. The predicted octanol–water partition coefficient (Wildman–Crippen LogP) is 4.75. The molecular formula is C28H33ClN6O3S. The molecule has 0 saturated heterocycles. The summed E-state index contributed by atoms with van der Waals surface area (Å²) in [7, 11) is -0.212. The second kappa shape index (κ2) is 12.1. The number of carbonyl (C=O) groups excluding carboxylic acids is 1. The van der Waals surface area contributed by atoms with Crippen LogP contribution in [0.2, 0.25) is 5.02 Å². The van der Waals surface area contributed by atoms with Gasteiger partial charge < -0.3 is 15.5 Å². The van der Waals surface area contributed by atoms with Gasteiger partial charge in [0.25, 0.3) is 5.91 Å². The zero-order valence-corrected chi connectivity index (χ0v) is 23.8. The summed E-state index contributed by atoms with van der Waals surface area (Å²) < 4.78 is 27.3. The van der Waals surface area contributed by atoms with Crippen molar-refractivity contribution in [2.45, 2.75) is 55.0 Å². The number of rotatable bonds is 9. The number of hydrogen-bond acceptors (Lipinski definition) is 8. The van der Waals surface area contributed by atoms with Gasteiger partial charge in [-0.1, -0.05) is 35.9 Å². The van der Waals surface area contributed by atoms with Gasteiger partial charge in [-0.05, 0) is 56.4 Å². The molecule has 1 aliphatic rings. The molecule has 1 aromatic carbocycles. The SMILES string of the molecule is C=CC(c1ccccc1Cl)S(=O)(=O)c1ncccc1C(=O)NC1CCC(Nc2ncc(C)c(N(C)C)n2)CC1. The number of sulfone groups is 1. The molecule has 3 aromatic rings. The van der Waals surface area contributed by atoms with Gasteiger partial charge >= 0.3 is 0 Å². The van der Waals surface area contributed by atoms with E-state index in [2.05, 4.69) is 32.2 Å². The fraction of sp³-hybridized carbons (Fsp3) is 0.357. The van der Waals surface area contributed by atoms with Crippen LogP contribution in [0.15, 0.2) is 66.5 Å². The van der Waals surface area contributed by atoms with Crippen molar-refractivity contribution < 1.29 is 13.2 Å². The quantitative estimate of drug-likeness (QED) is 0.355. The number of halogens is 1. The third-order valence-corrected chi connectivity index (χ3v) is 9.13. The predicted molar refractivity (Wildman–Crippen MR) is 154 cm³/mol. The zero-order chi connectivity index (χ0) is 28.2. The molecule has 1 aliphatic carbocycles. The van der Waals surface area contributed by atoms with E-state index in [4.69, 9.17) is 11.6 Å². The molecule has 1 fully saturated rings. The number of aryl methyl sites for hydroxylation is 1. The number of carbonyl (C=O) groups is 1. The minimum Gasteiger partial charge on any atom is -0.362 e. The lowest BCUT2D eigenvalue weighted by Crippen LogP contribution is -2.40. The minimum absolute atomic E-state index is 0.000854. The average molecular weight is 569 g/mol. The van der Waals surface area contributed by atoms with Gasteiger partial charge in [0, 0.05) is 49.2 Å². The molecule has 1 saturated carbocycles. The normalized spacial score (nSPS) is 18.2. The number of aromatic nitrogens is 3. The second-order valence-corrected chi connectivity index (χ2v) is 12.2. The molecule has 0 spiro atoms. The summed E-state index contributed by atoms with van der Waals surface area (Å²) in [5.41, 5.74) is 1.38. The van der Waals surface area contributed by atoms with E-state index in [1.807, 2.05) is 25.9 Å². The van der Waals surface area contributed by atoms with Crippen LogP contribution in [-0.4, -0.2) is 55.5 Å². The summed E-state index contributed by atoms with van der Waals surface area (Å²) in [6, 6.07) is 9.78. The summed E-state index contributed by atoms with van der Waals surface area (Å²) in [4.78, 5) is 28.4. The maximum atomic E-state index is 13.6. The molecule has 2 heterocycles. The van der Waals surface area contributed by atoms with Crippen LogP contribution in [0.25, 0.3) is 0 Å². The smallest absolute Gasteiger partial charge is 0.254 e. The Morgan fingerprint density at radius 1 is 1.10 bits per heavy atom. The molecule has 1 atom stereocenters. The van der Waals surface area contributed by atoms with Gasteiger partial charge in [-0.2, -0.15) is 4.98 Å². The second-order valence-electron chi connectivity index (χ2n) is 9.84. The van der Waals surface area contributed by atoms with Crippen molar-refractivity contribution in [1.82, 2.24) is 20.3 Å². The number of hydrogen-bond donors (Lipinski definition) is 2. The topological polar surface area (TPSA) is 117 Å². The zero-order valence-electron chi connectivity index (χ0n) is 22.3. The lowest BCUT2D eigenvalue weighted by Gasteiger charge is -2.30. The lowest BCUT2D eigenvalue weighted by molar-refractivity contribution is 0.0922. The largest absolute Gasteiger partial charge is 0.362 e. The summed E-state index contributed by atoms with van der Waals surface area (Å²) in [6.45, 7) is 5.68. The van der Waals surface area contributed by atoms with Crippen LogP contribution < -0.4 is 15.5 Å². The van der Waals surface area contributed by atoms with Crippen LogP contribution in [0, 0.1) is 6.92 Å². The van der Waals surface area contributed by atoms with Crippen LogP contribution >= 0.6 is 11.6 Å². The molecule has 0 radical (unpaired) electrons. The molecule has 0 aliphatic heterocycles. The maximum absolute atomic E-state index is 13.6. The van der Waals surface area contributed by atoms with Crippen LogP contribution in [0.4, 0.5) is 11.8 Å². The van der Waals surface area contributed by atoms with E-state index in [1.54, 1.807) is 36.5 Å². The summed E-state index contributed by atoms with van der Waals surface area (Å²) in [5.74, 6) is 0.971. The van der Waals surface area contributed by atoms with Gasteiger partial charge in [0.1, 0.15) is 11.1 Å². The van der Waals surface area contributed by atoms with E-state index in [9.17, 15) is 13.2 Å². The molecular weight excluding hydrogens is 536 g/mol. The van der Waals surface area contributed by atoms with Crippen molar-refractivity contribution >= 4 is 39.1 Å². The van der Waals surface area contributed by atoms with Crippen molar-refractivity contribution in [3.63, 3.8) is 0 Å². The Hall–Kier alpha value is -3.50. The Balaban J connectivity index is 1.44. The molecule has 1 amide bonds. The third-order valence-electron chi connectivity index (χ3n) is 6.81. The monoisotopic (exact) mass is 568 g/mol. The first-order valence-electron chi connectivity index (χ1n) is 12.8. The first-order chi connectivity index (χ1) is 18.6. The number of benzene rings is 1. The van der Waals surface area contributed by atoms with E-state index < -0.39 is 21.0 Å². The van der Waals surface area contributed by atoms with Crippen LogP contribution in [0.1, 0.15) is 52.4 Å². The Kier molecular flexibility index (Phi) is 8.87. The van der Waals surface area contributed by atoms with E-state index >= 15 is 0 Å². The molecule has 2 aromatic heterocycles. The highest BCUT2D eigenvalue weighted by Gasteiger charge is 2.34. The number of nitrogens with one attached hydrogen (secondary N) is 2. The molecule has 206 valence electrons. The standard InChI is InChI=1S/C28H33ClN6O3S/c1-5-24(21-9-6-7-11-23(21)29)39(37,38)27-22(10-8-16-30-27)26(36)32-19-12-14-20(15-13-19)33-28-31-17-18(2)25(34-28)35(3)4/h5-11,16-17,19-20,24H,1,12-15H2,2-4H3,(H,32,36)(H,31,33,34). The summed E-state index contributed by atoms with van der Waals surface area (Å²) in [5, 5.41) is 5.27. The summed E-state index contributed by atoms with van der Waals surface area (Å²) >= 11 is 6.29. The minimum atomic E-state index is -4.10. The number of nitrogens with zero attached hydrogens (tertiary/aromatic N) is 4. The molecule has 0 bridgehead atoms. The van der Waals surface area contributed by atoms with Gasteiger partial charge in [-0.15, -0.1) is 6.58 Å². The van der Waals surface area contributed by atoms with Crippen LogP contribution in [-0.2, 0) is 9.84 Å². The van der Waals surface area contributed by atoms with Gasteiger partial charge in [0.2, 0.25) is 15.8 Å². The Morgan fingerprint density at radius 3 is 2.46 bits per heavy atom. The van der Waals surface area contributed by atoms with Crippen molar-refractivity contribution in [2.75, 3.05) is 24.3 Å². The van der Waals surface area contributed by atoms with E-state index in [0.717, 1.165) is 37.1 Å². The van der Waals surface area contributed by atoms with Gasteiger partial charge in [-0.25, -0.2) is 18.4 Å². The third kappa shape index (κ3) is 6.39. The van der Waals surface area contributed by atoms with Crippen molar-refractivity contribution in [1.29, 1.82) is 0 Å². The molecule has 11 heteroatoms. The molecule has 1 unspecified atom stereocenters. The number of pyridine rings is 1. The highest BCUT2D eigenvalue weighted by molar-refractivity contribution is 7.91. The van der Waals surface area contributed by atoms with Crippen LogP contribution in [0.5, 0.6) is 0 Å². The van der Waals surface area contributed by atoms with E-state index in [1.165, 1.54) is 18.3 Å². The summed E-state index contributed by atoms with van der Waals surface area (Å²) in [6.07, 6.45) is 7.55. The molecule has 39 heavy (non-hydrogen) atoms. The fourth-order valence-corrected chi connectivity index (χ4v) is 6.85. The molecule has 2 N–H and O–H groups in total. The number of anilines is 2. The Morgan fingerprint density at radius 2 is 1.79 bits per heavy atom. The van der Waals surface area contributed by atoms with Gasteiger partial charge in [-0.3, -0.25) is 4.79 Å². The maximum Gasteiger partial charge on any atom is 0.254 e. The van der Waals surface area contributed by atoms with Crippen molar-refractivity contribution in [3.8, 4) is 0 Å². The number of amides is 1. The highest BCUT2D eigenvalue weighted by Crippen LogP contribution is 2.34. The van der Waals surface area contributed by atoms with Gasteiger partial charge in [0.15, 0.2) is 5.03 Å². The van der Waals surface area contributed by atoms with Gasteiger partial charge in [0.05, 0.1) is 5.56 Å². The first-order valence-corrected chi connectivity index (χ1v) is 14.7. The molecule has 4 rings (SSSR count). The van der Waals surface area contributed by atoms with Crippen molar-refractivity contribution in [3.05, 3.63) is 83.2 Å². The van der Waals surface area contributed by atoms with E-state index in [-0.39, 0.29) is 22.7 Å². The highest BCUT2D eigenvalue weighted by atomic mass is 35.5. The lowest BCUT2D eigenvalue weighted by atomic mass is 9.91. The average Bonchev–Trinajstić information content (AvgIpc) is 2.92. The van der Waals surface area contributed by atoms with Crippen LogP contribution in [0.3, 0.4) is 0 Å². The van der Waals surface area contributed by atoms with Crippen molar-refractivity contribution in [2.24, 2.45) is 0 Å². The molecule has 9 nitrogen and oxygen atoms in total. The Labute approximate surface area is 234 Å². The fourth-order valence-electron chi connectivity index (χ4n) is 4.82.